The van der Waals surface area contributed by atoms with Gasteiger partial charge in [-0.05, 0) is 109 Å². The molecular formula is C46H39N. The zero-order valence-electron chi connectivity index (χ0n) is 27.6. The third kappa shape index (κ3) is 4.61. The van der Waals surface area contributed by atoms with Crippen molar-refractivity contribution in [2.24, 2.45) is 0 Å². The number of hydrogen-bond acceptors (Lipinski definition) is 1. The number of benzene rings is 6. The van der Waals surface area contributed by atoms with Gasteiger partial charge in [-0.25, -0.2) is 0 Å². The van der Waals surface area contributed by atoms with Crippen LogP contribution < -0.4 is 4.90 Å². The molecule has 8 rings (SSSR count). The minimum atomic E-state index is -0.146. The first kappa shape index (κ1) is 29.0. The predicted molar refractivity (Wildman–Crippen MR) is 202 cm³/mol. The molecule has 0 spiro atoms. The molecular weight excluding hydrogens is 567 g/mol. The highest BCUT2D eigenvalue weighted by Crippen LogP contribution is 2.52. The smallest absolute Gasteiger partial charge is 0.0458 e. The van der Waals surface area contributed by atoms with Gasteiger partial charge < -0.3 is 4.90 Å². The minimum absolute atomic E-state index is 0.0651. The molecule has 0 fully saturated rings. The quantitative estimate of drug-likeness (QED) is 0.171. The zero-order valence-corrected chi connectivity index (χ0v) is 27.6. The summed E-state index contributed by atoms with van der Waals surface area (Å²) in [6, 6.07) is 45.2. The Morgan fingerprint density at radius 2 is 1.00 bits per heavy atom. The maximum atomic E-state index is 3.85. The maximum Gasteiger partial charge on any atom is 0.0458 e. The summed E-state index contributed by atoms with van der Waals surface area (Å²) in [6.07, 6.45) is 10.1. The lowest BCUT2D eigenvalue weighted by Crippen LogP contribution is -2.17. The fraction of sp³-hybridized carbons (Fsp3) is 0.130. The molecule has 228 valence electrons. The van der Waals surface area contributed by atoms with E-state index in [4.69, 9.17) is 0 Å². The third-order valence-electron chi connectivity index (χ3n) is 10.5. The summed E-state index contributed by atoms with van der Waals surface area (Å²) in [5.74, 6) is 0. The van der Waals surface area contributed by atoms with E-state index < -0.39 is 0 Å². The fourth-order valence-corrected chi connectivity index (χ4v) is 7.87. The van der Waals surface area contributed by atoms with Gasteiger partial charge in [-0.3, -0.25) is 0 Å². The van der Waals surface area contributed by atoms with E-state index in [0.29, 0.717) is 0 Å². The standard InChI is InChI=1S/C46H39N/c1-6-7-8-13-26-47(35-21-24-39-37-16-11-12-17-41(37)45(2,3)43(39)29-35)36-22-25-40-38-23-20-34(28-42(38)46(4,5)44(40)30-36)33-19-18-31-14-9-10-15-32(31)27-33/h6-30H,1H2,2-5H3/b8-7-,26-13-. The summed E-state index contributed by atoms with van der Waals surface area (Å²) in [6.45, 7) is 13.3. The van der Waals surface area contributed by atoms with Crippen molar-refractivity contribution in [3.05, 3.63) is 181 Å². The highest BCUT2D eigenvalue weighted by Gasteiger charge is 2.37. The topological polar surface area (TPSA) is 3.24 Å². The number of nitrogens with zero attached hydrogens (tertiary/aromatic N) is 1. The summed E-state index contributed by atoms with van der Waals surface area (Å²) in [5.41, 5.74) is 15.4. The van der Waals surface area contributed by atoms with Crippen molar-refractivity contribution in [1.29, 1.82) is 0 Å². The number of hydrogen-bond donors (Lipinski definition) is 0. The van der Waals surface area contributed by atoms with Crippen molar-refractivity contribution in [2.75, 3.05) is 4.90 Å². The summed E-state index contributed by atoms with van der Waals surface area (Å²) in [4.78, 5) is 2.33. The first-order valence-corrected chi connectivity index (χ1v) is 16.6. The lowest BCUT2D eigenvalue weighted by Gasteiger charge is -2.27. The number of rotatable bonds is 6. The number of fused-ring (bicyclic) bond motifs is 7. The molecule has 6 aromatic carbocycles. The molecule has 0 saturated carbocycles. The van der Waals surface area contributed by atoms with E-state index in [0.717, 1.165) is 11.4 Å². The molecule has 0 heterocycles. The Hall–Kier alpha value is -5.40. The Morgan fingerprint density at radius 3 is 1.70 bits per heavy atom. The first-order valence-electron chi connectivity index (χ1n) is 16.6. The van der Waals surface area contributed by atoms with Gasteiger partial charge in [0, 0.05) is 28.4 Å². The molecule has 2 aliphatic rings. The monoisotopic (exact) mass is 605 g/mol. The van der Waals surface area contributed by atoms with Crippen LogP contribution in [-0.4, -0.2) is 0 Å². The summed E-state index contributed by atoms with van der Waals surface area (Å²) < 4.78 is 0. The van der Waals surface area contributed by atoms with Crippen LogP contribution in [0.25, 0.3) is 44.2 Å². The van der Waals surface area contributed by atoms with E-state index in [2.05, 4.69) is 173 Å². The van der Waals surface area contributed by atoms with Gasteiger partial charge in [0.2, 0.25) is 0 Å². The van der Waals surface area contributed by atoms with Crippen molar-refractivity contribution in [3.63, 3.8) is 0 Å². The minimum Gasteiger partial charge on any atom is -0.317 e. The van der Waals surface area contributed by atoms with Crippen LogP contribution in [0.5, 0.6) is 0 Å². The molecule has 0 atom stereocenters. The Bertz CT molecular complexity index is 2280. The van der Waals surface area contributed by atoms with Crippen molar-refractivity contribution in [3.8, 4) is 33.4 Å². The second-order valence-electron chi connectivity index (χ2n) is 13.9. The summed E-state index contributed by atoms with van der Waals surface area (Å²) in [7, 11) is 0. The fourth-order valence-electron chi connectivity index (χ4n) is 7.87. The van der Waals surface area contributed by atoms with Crippen molar-refractivity contribution < 1.29 is 0 Å². The molecule has 1 nitrogen and oxygen atoms in total. The van der Waals surface area contributed by atoms with Crippen molar-refractivity contribution in [1.82, 2.24) is 0 Å². The van der Waals surface area contributed by atoms with Crippen LogP contribution in [0.1, 0.15) is 49.9 Å². The number of anilines is 2. The highest BCUT2D eigenvalue weighted by molar-refractivity contribution is 5.90. The van der Waals surface area contributed by atoms with Crippen LogP contribution in [0.15, 0.2) is 158 Å². The SMILES string of the molecule is C=C/C=C\C=C/N(c1ccc2c(c1)C(C)(C)c1ccccc1-2)c1ccc2c(c1)C(C)(C)c1cc(-c3ccc4ccccc4c3)ccc1-2. The van der Waals surface area contributed by atoms with Crippen LogP contribution >= 0.6 is 0 Å². The molecule has 47 heavy (non-hydrogen) atoms. The van der Waals surface area contributed by atoms with Gasteiger partial charge in [0.1, 0.15) is 0 Å². The first-order chi connectivity index (χ1) is 22.8. The van der Waals surface area contributed by atoms with Gasteiger partial charge >= 0.3 is 0 Å². The molecule has 1 heteroatoms. The van der Waals surface area contributed by atoms with E-state index >= 15 is 0 Å². The molecule has 0 aromatic heterocycles. The Labute approximate surface area is 278 Å². The average Bonchev–Trinajstić information content (AvgIpc) is 3.46. The van der Waals surface area contributed by atoms with Gasteiger partial charge in [-0.2, -0.15) is 0 Å². The molecule has 0 saturated heterocycles. The molecule has 2 aliphatic carbocycles. The molecule has 0 aliphatic heterocycles. The lowest BCUT2D eigenvalue weighted by molar-refractivity contribution is 0.660. The Morgan fingerprint density at radius 1 is 0.468 bits per heavy atom. The van der Waals surface area contributed by atoms with E-state index in [9.17, 15) is 0 Å². The van der Waals surface area contributed by atoms with Crippen LogP contribution in [0.4, 0.5) is 11.4 Å². The molecule has 0 unspecified atom stereocenters. The number of allylic oxidation sites excluding steroid dienone is 4. The summed E-state index contributed by atoms with van der Waals surface area (Å²) >= 11 is 0. The van der Waals surface area contributed by atoms with Gasteiger partial charge in [0.05, 0.1) is 0 Å². The maximum absolute atomic E-state index is 3.85. The second-order valence-corrected chi connectivity index (χ2v) is 13.9. The normalized spacial score (nSPS) is 15.1. The Kier molecular flexibility index (Phi) is 6.70. The van der Waals surface area contributed by atoms with E-state index in [1.54, 1.807) is 0 Å². The summed E-state index contributed by atoms with van der Waals surface area (Å²) in [5, 5.41) is 2.54. The van der Waals surface area contributed by atoms with Crippen LogP contribution in [0.2, 0.25) is 0 Å². The Balaban J connectivity index is 1.20. The molecule has 0 N–H and O–H groups in total. The molecule has 0 amide bonds. The van der Waals surface area contributed by atoms with Gasteiger partial charge in [-0.1, -0.05) is 137 Å². The largest absolute Gasteiger partial charge is 0.317 e. The molecule has 0 bridgehead atoms. The van der Waals surface area contributed by atoms with Gasteiger partial charge in [-0.15, -0.1) is 0 Å². The van der Waals surface area contributed by atoms with Crippen LogP contribution in [0.3, 0.4) is 0 Å². The van der Waals surface area contributed by atoms with Crippen LogP contribution in [0, 0.1) is 0 Å². The predicted octanol–water partition coefficient (Wildman–Crippen LogP) is 12.5. The second kappa shape index (κ2) is 10.9. The van der Waals surface area contributed by atoms with Crippen molar-refractivity contribution >= 4 is 22.1 Å². The van der Waals surface area contributed by atoms with Crippen molar-refractivity contribution in [2.45, 2.75) is 38.5 Å². The lowest BCUT2D eigenvalue weighted by atomic mass is 9.81. The van der Waals surface area contributed by atoms with E-state index in [-0.39, 0.29) is 10.8 Å². The van der Waals surface area contributed by atoms with Gasteiger partial charge in [0.25, 0.3) is 0 Å². The van der Waals surface area contributed by atoms with E-state index in [1.807, 2.05) is 18.2 Å². The zero-order chi connectivity index (χ0) is 32.3. The third-order valence-corrected chi connectivity index (χ3v) is 10.5. The van der Waals surface area contributed by atoms with Gasteiger partial charge in [0.15, 0.2) is 0 Å². The van der Waals surface area contributed by atoms with E-state index in [1.165, 1.54) is 66.4 Å². The van der Waals surface area contributed by atoms with Crippen LogP contribution in [-0.2, 0) is 10.8 Å². The average molecular weight is 606 g/mol. The molecule has 6 aromatic rings. The highest BCUT2D eigenvalue weighted by atomic mass is 15.1. The molecule has 0 radical (unpaired) electrons.